The standard InChI is InChI=1S/C25H31FN2O4S/c1-33(29,30)31-13-12-27-8-10-28(11-9-27)17-21-16-24-22-5-3-2-4-18(22)14-19-6-7-20(26)15-23(19)25(24)32-21/h2-7,15,21,24-25H,8-14,16-17H2,1H3/t21-,24-,25-/m1/s1. The summed E-state index contributed by atoms with van der Waals surface area (Å²) >= 11 is 0. The summed E-state index contributed by atoms with van der Waals surface area (Å²) < 4.78 is 47.9. The van der Waals surface area contributed by atoms with Gasteiger partial charge >= 0.3 is 0 Å². The molecule has 2 aromatic carbocycles. The molecule has 2 fully saturated rings. The van der Waals surface area contributed by atoms with Gasteiger partial charge in [-0.1, -0.05) is 30.3 Å². The van der Waals surface area contributed by atoms with Crippen LogP contribution in [0.3, 0.4) is 0 Å². The van der Waals surface area contributed by atoms with Gasteiger partial charge in [0.1, 0.15) is 5.82 Å². The smallest absolute Gasteiger partial charge is 0.264 e. The summed E-state index contributed by atoms with van der Waals surface area (Å²) in [5, 5.41) is 0. The van der Waals surface area contributed by atoms with Crippen LogP contribution in [-0.4, -0.2) is 76.5 Å². The Morgan fingerprint density at radius 3 is 2.55 bits per heavy atom. The molecule has 0 radical (unpaired) electrons. The van der Waals surface area contributed by atoms with Crippen molar-refractivity contribution in [3.8, 4) is 0 Å². The molecule has 1 aliphatic carbocycles. The van der Waals surface area contributed by atoms with Gasteiger partial charge in [-0.25, -0.2) is 4.39 Å². The van der Waals surface area contributed by atoms with Gasteiger partial charge in [-0.3, -0.25) is 14.0 Å². The summed E-state index contributed by atoms with van der Waals surface area (Å²) in [7, 11) is -3.39. The Bertz CT molecular complexity index is 1100. The van der Waals surface area contributed by atoms with Crippen molar-refractivity contribution in [2.75, 3.05) is 52.1 Å². The molecule has 2 aromatic rings. The van der Waals surface area contributed by atoms with Gasteiger partial charge in [-0.05, 0) is 47.2 Å². The van der Waals surface area contributed by atoms with Gasteiger partial charge in [0.15, 0.2) is 0 Å². The molecule has 0 N–H and O–H groups in total. The summed E-state index contributed by atoms with van der Waals surface area (Å²) in [5.74, 6) is 0.0326. The summed E-state index contributed by atoms with van der Waals surface area (Å²) in [4.78, 5) is 4.65. The van der Waals surface area contributed by atoms with E-state index < -0.39 is 10.1 Å². The maximum atomic E-state index is 14.2. The third-order valence-corrected chi connectivity index (χ3v) is 7.70. The van der Waals surface area contributed by atoms with Crippen molar-refractivity contribution in [2.45, 2.75) is 31.0 Å². The summed E-state index contributed by atoms with van der Waals surface area (Å²) in [6, 6.07) is 13.7. The monoisotopic (exact) mass is 474 g/mol. The highest BCUT2D eigenvalue weighted by Gasteiger charge is 2.41. The Morgan fingerprint density at radius 1 is 1.03 bits per heavy atom. The molecule has 0 amide bonds. The number of hydrogen-bond donors (Lipinski definition) is 0. The Hall–Kier alpha value is -1.84. The SMILES string of the molecule is CS(=O)(=O)OCCN1CCN(C[C@H]2C[C@@H]3c4ccccc4Cc4ccc(F)cc4[C@H]3O2)CC1. The van der Waals surface area contributed by atoms with E-state index in [4.69, 9.17) is 8.92 Å². The average Bonchev–Trinajstić information content (AvgIpc) is 3.14. The third-order valence-electron chi connectivity index (χ3n) is 7.10. The topological polar surface area (TPSA) is 59.1 Å². The van der Waals surface area contributed by atoms with E-state index in [9.17, 15) is 12.8 Å². The molecule has 0 unspecified atom stereocenters. The molecule has 2 aliphatic heterocycles. The van der Waals surface area contributed by atoms with Crippen molar-refractivity contribution in [3.63, 3.8) is 0 Å². The second-order valence-electron chi connectivity index (χ2n) is 9.41. The van der Waals surface area contributed by atoms with Crippen molar-refractivity contribution in [2.24, 2.45) is 0 Å². The van der Waals surface area contributed by atoms with Gasteiger partial charge in [0.05, 0.1) is 25.1 Å². The largest absolute Gasteiger partial charge is 0.368 e. The van der Waals surface area contributed by atoms with E-state index in [0.717, 1.165) is 62.9 Å². The molecule has 0 saturated carbocycles. The fourth-order valence-corrected chi connectivity index (χ4v) is 5.89. The zero-order valence-corrected chi connectivity index (χ0v) is 19.8. The second-order valence-corrected chi connectivity index (χ2v) is 11.1. The lowest BCUT2D eigenvalue weighted by Gasteiger charge is -2.35. The molecular formula is C25H31FN2O4S. The molecule has 2 saturated heterocycles. The van der Waals surface area contributed by atoms with Crippen LogP contribution in [0.2, 0.25) is 0 Å². The molecule has 3 aliphatic rings. The van der Waals surface area contributed by atoms with E-state index in [1.54, 1.807) is 12.1 Å². The van der Waals surface area contributed by atoms with E-state index in [2.05, 4.69) is 34.1 Å². The van der Waals surface area contributed by atoms with Crippen molar-refractivity contribution in [1.82, 2.24) is 9.80 Å². The van der Waals surface area contributed by atoms with Gasteiger partial charge in [0.25, 0.3) is 10.1 Å². The molecule has 8 heteroatoms. The summed E-state index contributed by atoms with van der Waals surface area (Å²) in [6.45, 7) is 5.25. The molecule has 0 spiro atoms. The van der Waals surface area contributed by atoms with Gasteiger partial charge in [0, 0.05) is 45.2 Å². The molecule has 0 aromatic heterocycles. The zero-order chi connectivity index (χ0) is 23.0. The third kappa shape index (κ3) is 5.30. The highest BCUT2D eigenvalue weighted by molar-refractivity contribution is 7.85. The van der Waals surface area contributed by atoms with Crippen LogP contribution < -0.4 is 0 Å². The Kier molecular flexibility index (Phi) is 6.55. The number of rotatable bonds is 6. The van der Waals surface area contributed by atoms with Gasteiger partial charge in [-0.15, -0.1) is 0 Å². The van der Waals surface area contributed by atoms with E-state index in [0.29, 0.717) is 6.54 Å². The quantitative estimate of drug-likeness (QED) is 0.600. The van der Waals surface area contributed by atoms with Crippen LogP contribution in [-0.2, 0) is 25.5 Å². The van der Waals surface area contributed by atoms with E-state index in [1.165, 1.54) is 11.1 Å². The number of hydrogen-bond acceptors (Lipinski definition) is 6. The van der Waals surface area contributed by atoms with Crippen LogP contribution in [0.4, 0.5) is 4.39 Å². The van der Waals surface area contributed by atoms with Crippen LogP contribution in [0, 0.1) is 5.82 Å². The first-order chi connectivity index (χ1) is 15.9. The van der Waals surface area contributed by atoms with Crippen LogP contribution in [0.5, 0.6) is 0 Å². The maximum Gasteiger partial charge on any atom is 0.264 e. The summed E-state index contributed by atoms with van der Waals surface area (Å²) in [5.41, 5.74) is 4.79. The Labute approximate surface area is 195 Å². The minimum absolute atomic E-state index is 0.0994. The fraction of sp³-hybridized carbons (Fsp3) is 0.520. The number of ether oxygens (including phenoxy) is 1. The molecule has 0 bridgehead atoms. The van der Waals surface area contributed by atoms with Crippen molar-refractivity contribution >= 4 is 10.1 Å². The van der Waals surface area contributed by atoms with Gasteiger partial charge < -0.3 is 4.74 Å². The lowest BCUT2D eigenvalue weighted by Crippen LogP contribution is -2.49. The zero-order valence-electron chi connectivity index (χ0n) is 19.0. The predicted molar refractivity (Wildman–Crippen MR) is 124 cm³/mol. The van der Waals surface area contributed by atoms with E-state index in [1.807, 2.05) is 6.07 Å². The maximum absolute atomic E-state index is 14.2. The van der Waals surface area contributed by atoms with Gasteiger partial charge in [-0.2, -0.15) is 8.42 Å². The molecular weight excluding hydrogens is 443 g/mol. The molecule has 178 valence electrons. The molecule has 6 nitrogen and oxygen atoms in total. The Balaban J connectivity index is 1.23. The van der Waals surface area contributed by atoms with Crippen molar-refractivity contribution in [1.29, 1.82) is 0 Å². The normalized spacial score (nSPS) is 25.8. The Morgan fingerprint density at radius 2 is 1.76 bits per heavy atom. The van der Waals surface area contributed by atoms with Crippen molar-refractivity contribution in [3.05, 3.63) is 70.5 Å². The van der Waals surface area contributed by atoms with E-state index >= 15 is 0 Å². The number of benzene rings is 2. The average molecular weight is 475 g/mol. The van der Waals surface area contributed by atoms with Crippen LogP contribution in [0.15, 0.2) is 42.5 Å². The lowest BCUT2D eigenvalue weighted by atomic mass is 9.87. The van der Waals surface area contributed by atoms with Crippen LogP contribution in [0.25, 0.3) is 0 Å². The highest BCUT2D eigenvalue weighted by Crippen LogP contribution is 2.49. The van der Waals surface area contributed by atoms with Crippen LogP contribution in [0.1, 0.15) is 40.7 Å². The minimum atomic E-state index is -3.39. The molecule has 3 atom stereocenters. The van der Waals surface area contributed by atoms with Crippen LogP contribution >= 0.6 is 0 Å². The first-order valence-electron chi connectivity index (χ1n) is 11.7. The second kappa shape index (κ2) is 9.43. The first-order valence-corrected chi connectivity index (χ1v) is 13.5. The minimum Gasteiger partial charge on any atom is -0.368 e. The fourth-order valence-electron chi connectivity index (χ4n) is 5.52. The molecule has 2 heterocycles. The lowest BCUT2D eigenvalue weighted by molar-refractivity contribution is 0.00820. The predicted octanol–water partition coefficient (Wildman–Crippen LogP) is 2.94. The number of piperazine rings is 1. The van der Waals surface area contributed by atoms with E-state index in [-0.39, 0.29) is 30.5 Å². The highest BCUT2D eigenvalue weighted by atomic mass is 32.2. The summed E-state index contributed by atoms with van der Waals surface area (Å²) in [6.07, 6.45) is 2.82. The van der Waals surface area contributed by atoms with Gasteiger partial charge in [0.2, 0.25) is 0 Å². The molecule has 5 rings (SSSR count). The van der Waals surface area contributed by atoms with Crippen molar-refractivity contribution < 1.29 is 21.7 Å². The molecule has 33 heavy (non-hydrogen) atoms. The number of fused-ring (bicyclic) bond motifs is 5. The number of halogens is 1. The number of nitrogens with zero attached hydrogens (tertiary/aromatic N) is 2. The first kappa shape index (κ1) is 22.9.